The largest absolute Gasteiger partial charge is 0.481 e. The minimum atomic E-state index is -0.677. The zero-order chi connectivity index (χ0) is 7.98. The number of carboxylic acid groups (broad SMARTS) is 1. The molecule has 0 aromatic heterocycles. The van der Waals surface area contributed by atoms with Crippen LogP contribution in [0.5, 0.6) is 0 Å². The van der Waals surface area contributed by atoms with Crippen LogP contribution in [0.2, 0.25) is 0 Å². The first kappa shape index (κ1) is 18.4. The van der Waals surface area contributed by atoms with Gasteiger partial charge in [0, 0.05) is 41.8 Å². The molecule has 0 unspecified atom stereocenters. The third-order valence-electron chi connectivity index (χ3n) is 1.42. The van der Waals surface area contributed by atoms with Crippen LogP contribution in [0.15, 0.2) is 0 Å². The molecule has 0 aliphatic heterocycles. The summed E-state index contributed by atoms with van der Waals surface area (Å²) in [6, 6.07) is 0. The fraction of sp³-hybridized carbons (Fsp3) is 0.875. The second kappa shape index (κ2) is 11.6. The van der Waals surface area contributed by atoms with Gasteiger partial charge in [0.25, 0.3) is 0 Å². The van der Waals surface area contributed by atoms with Crippen molar-refractivity contribution in [3.63, 3.8) is 0 Å². The van der Waals surface area contributed by atoms with E-state index >= 15 is 0 Å². The second-order valence-corrected chi connectivity index (χ2v) is 3.03. The molecular weight excluding hydrogens is 238 g/mol. The molecule has 0 aliphatic carbocycles. The summed E-state index contributed by atoms with van der Waals surface area (Å²) >= 11 is 0. The number of carbonyl (C=O) groups is 1. The van der Waals surface area contributed by atoms with Crippen LogP contribution in [0.3, 0.4) is 0 Å². The molecule has 0 saturated carbocycles. The molecule has 0 atom stereocenters. The van der Waals surface area contributed by atoms with Crippen LogP contribution < -0.4 is 0 Å². The third-order valence-corrected chi connectivity index (χ3v) is 1.42. The maximum atomic E-state index is 10.0. The smallest absolute Gasteiger partial charge is 0.303 e. The monoisotopic (exact) mass is 254 g/mol. The number of aliphatic carboxylic acids is 1. The molecule has 74 valence electrons. The Morgan fingerprint density at radius 1 is 1.33 bits per heavy atom. The van der Waals surface area contributed by atoms with E-state index < -0.39 is 5.97 Å². The van der Waals surface area contributed by atoms with Gasteiger partial charge in [0.1, 0.15) is 0 Å². The number of rotatable bonds is 5. The van der Waals surface area contributed by atoms with E-state index in [1.165, 1.54) is 0 Å². The number of hydrogen-bond donors (Lipinski definition) is 1. The van der Waals surface area contributed by atoms with Crippen molar-refractivity contribution < 1.29 is 45.2 Å². The molecule has 0 spiro atoms. The first-order valence-electron chi connectivity index (χ1n) is 3.84. The average Bonchev–Trinajstić information content (AvgIpc) is 1.79. The van der Waals surface area contributed by atoms with E-state index in [2.05, 4.69) is 13.8 Å². The molecule has 0 aromatic rings. The Hall–Kier alpha value is 0.561. The van der Waals surface area contributed by atoms with Crippen molar-refractivity contribution in [2.24, 2.45) is 5.92 Å². The van der Waals surface area contributed by atoms with Gasteiger partial charge in [-0.15, -0.1) is 0 Å². The summed E-state index contributed by atoms with van der Waals surface area (Å²) in [6.07, 6.45) is 3.34. The first-order valence-corrected chi connectivity index (χ1v) is 3.84. The molecular formula is C8H16CoO2V. The third kappa shape index (κ3) is 16.9. The van der Waals surface area contributed by atoms with Gasteiger partial charge in [0.15, 0.2) is 0 Å². The van der Waals surface area contributed by atoms with E-state index in [4.69, 9.17) is 5.11 Å². The number of hydrogen-bond acceptors (Lipinski definition) is 1. The zero-order valence-corrected chi connectivity index (χ0v) is 9.98. The Balaban J connectivity index is -0.000000405. The van der Waals surface area contributed by atoms with Gasteiger partial charge in [-0.25, -0.2) is 0 Å². The summed E-state index contributed by atoms with van der Waals surface area (Å²) in [5.74, 6) is 0.0255. The van der Waals surface area contributed by atoms with Gasteiger partial charge >= 0.3 is 5.97 Å². The Morgan fingerprint density at radius 2 is 1.83 bits per heavy atom. The summed E-state index contributed by atoms with van der Waals surface area (Å²) in [5.41, 5.74) is 0. The first-order chi connectivity index (χ1) is 4.63. The van der Waals surface area contributed by atoms with E-state index in [-0.39, 0.29) is 35.3 Å². The van der Waals surface area contributed by atoms with Crippen molar-refractivity contribution >= 4 is 5.97 Å². The van der Waals surface area contributed by atoms with E-state index in [1.54, 1.807) is 0 Å². The zero-order valence-electron chi connectivity index (χ0n) is 7.54. The fourth-order valence-corrected chi connectivity index (χ4v) is 0.829. The quantitative estimate of drug-likeness (QED) is 0.764. The molecule has 0 bridgehead atoms. The standard InChI is InChI=1S/C8H16O2.Co.V/c1-7(2)5-3-4-6-8(9)10;;/h7H,3-6H2,1-2H3,(H,9,10);;. The van der Waals surface area contributed by atoms with Crippen LogP contribution in [-0.2, 0) is 40.1 Å². The summed E-state index contributed by atoms with van der Waals surface area (Å²) in [7, 11) is 0. The summed E-state index contributed by atoms with van der Waals surface area (Å²) in [6.45, 7) is 4.31. The van der Waals surface area contributed by atoms with Crippen LogP contribution in [0.1, 0.15) is 39.5 Å². The molecule has 0 saturated heterocycles. The van der Waals surface area contributed by atoms with Crippen LogP contribution in [0, 0.1) is 5.92 Å². The van der Waals surface area contributed by atoms with Gasteiger partial charge < -0.3 is 5.11 Å². The van der Waals surface area contributed by atoms with Gasteiger partial charge in [-0.3, -0.25) is 4.79 Å². The molecule has 4 heteroatoms. The van der Waals surface area contributed by atoms with Crippen LogP contribution >= 0.6 is 0 Å². The summed E-state index contributed by atoms with van der Waals surface area (Å²) < 4.78 is 0. The van der Waals surface area contributed by atoms with E-state index in [0.29, 0.717) is 12.3 Å². The van der Waals surface area contributed by atoms with Crippen LogP contribution in [0.25, 0.3) is 0 Å². The summed E-state index contributed by atoms with van der Waals surface area (Å²) in [4.78, 5) is 10.0. The van der Waals surface area contributed by atoms with E-state index in [0.717, 1.165) is 19.3 Å². The van der Waals surface area contributed by atoms with Crippen LogP contribution in [-0.4, -0.2) is 11.1 Å². The Kier molecular flexibility index (Phi) is 17.7. The minimum Gasteiger partial charge on any atom is -0.481 e. The van der Waals surface area contributed by atoms with Crippen molar-refractivity contribution in [1.82, 2.24) is 0 Å². The average molecular weight is 254 g/mol. The molecule has 0 fully saturated rings. The molecule has 0 heterocycles. The van der Waals surface area contributed by atoms with E-state index in [9.17, 15) is 4.79 Å². The van der Waals surface area contributed by atoms with Gasteiger partial charge in [0.05, 0.1) is 0 Å². The molecule has 2 nitrogen and oxygen atoms in total. The minimum absolute atomic E-state index is 0. The van der Waals surface area contributed by atoms with Crippen molar-refractivity contribution in [1.29, 1.82) is 0 Å². The maximum absolute atomic E-state index is 10.0. The Bertz CT molecular complexity index is 107. The topological polar surface area (TPSA) is 37.3 Å². The van der Waals surface area contributed by atoms with Crippen molar-refractivity contribution in [2.75, 3.05) is 0 Å². The van der Waals surface area contributed by atoms with Crippen molar-refractivity contribution in [3.05, 3.63) is 0 Å². The molecule has 12 heavy (non-hydrogen) atoms. The number of unbranched alkanes of at least 4 members (excludes halogenated alkanes) is 1. The molecule has 0 aromatic carbocycles. The predicted octanol–water partition coefficient (Wildman–Crippen LogP) is 2.28. The second-order valence-electron chi connectivity index (χ2n) is 3.03. The van der Waals surface area contributed by atoms with Gasteiger partial charge in [-0.1, -0.05) is 26.7 Å². The molecule has 0 amide bonds. The van der Waals surface area contributed by atoms with Crippen molar-refractivity contribution in [3.8, 4) is 0 Å². The van der Waals surface area contributed by atoms with E-state index in [1.807, 2.05) is 0 Å². The van der Waals surface area contributed by atoms with Gasteiger partial charge in [-0.2, -0.15) is 0 Å². The van der Waals surface area contributed by atoms with Gasteiger partial charge in [-0.05, 0) is 12.3 Å². The van der Waals surface area contributed by atoms with Crippen LogP contribution in [0.4, 0.5) is 0 Å². The fourth-order valence-electron chi connectivity index (χ4n) is 0.829. The number of carboxylic acids is 1. The Labute approximate surface area is 96.6 Å². The normalized spacial score (nSPS) is 8.58. The predicted molar refractivity (Wildman–Crippen MR) is 40.9 cm³/mol. The molecule has 0 rings (SSSR count). The molecule has 0 aliphatic rings. The Morgan fingerprint density at radius 3 is 2.17 bits per heavy atom. The maximum Gasteiger partial charge on any atom is 0.303 e. The van der Waals surface area contributed by atoms with Gasteiger partial charge in [0.2, 0.25) is 0 Å². The van der Waals surface area contributed by atoms with Crippen molar-refractivity contribution in [2.45, 2.75) is 39.5 Å². The summed E-state index contributed by atoms with van der Waals surface area (Å²) in [5, 5.41) is 8.28. The molecule has 1 N–H and O–H groups in total. The molecule has 2 radical (unpaired) electrons. The SMILES string of the molecule is CC(C)CCCCC(=O)O.[Co].[V].